The molecule has 1 heterocycles. The Morgan fingerprint density at radius 2 is 1.48 bits per heavy atom. The zero-order chi connectivity index (χ0) is 20.2. The first-order valence-electron chi connectivity index (χ1n) is 8.42. The molecule has 1 aromatic rings. The molecule has 27 heavy (non-hydrogen) atoms. The second-order valence-electron chi connectivity index (χ2n) is 7.08. The molecule has 1 aliphatic heterocycles. The summed E-state index contributed by atoms with van der Waals surface area (Å²) in [5, 5.41) is 0. The maximum absolute atomic E-state index is 12.5. The van der Waals surface area contributed by atoms with Gasteiger partial charge in [-0.15, -0.1) is 0 Å². The van der Waals surface area contributed by atoms with Crippen LogP contribution in [0, 0.1) is 11.8 Å². The Bertz CT molecular complexity index is 748. The van der Waals surface area contributed by atoms with Crippen LogP contribution in [0.5, 0.6) is 0 Å². The van der Waals surface area contributed by atoms with Crippen molar-refractivity contribution >= 4 is 12.0 Å². The van der Waals surface area contributed by atoms with E-state index in [2.05, 4.69) is 11.8 Å². The van der Waals surface area contributed by atoms with Crippen molar-refractivity contribution in [1.82, 2.24) is 9.80 Å². The molecule has 1 aromatic carbocycles. The summed E-state index contributed by atoms with van der Waals surface area (Å²) in [5.41, 5.74) is -1.03. The van der Waals surface area contributed by atoms with Crippen LogP contribution in [0.25, 0.3) is 0 Å². The minimum absolute atomic E-state index is 0.319. The van der Waals surface area contributed by atoms with Crippen molar-refractivity contribution in [3.8, 4) is 11.8 Å². The van der Waals surface area contributed by atoms with Gasteiger partial charge in [0.2, 0.25) is 0 Å². The highest BCUT2D eigenvalue weighted by atomic mass is 19.4. The molecular formula is C19H21F3N2O3. The maximum atomic E-state index is 12.5. The third kappa shape index (κ3) is 6.20. The van der Waals surface area contributed by atoms with Crippen molar-refractivity contribution in [1.29, 1.82) is 0 Å². The number of hydrogen-bond acceptors (Lipinski definition) is 3. The van der Waals surface area contributed by atoms with Crippen molar-refractivity contribution in [2.24, 2.45) is 0 Å². The smallest absolute Gasteiger partial charge is 0.416 e. The van der Waals surface area contributed by atoms with Crippen LogP contribution >= 0.6 is 0 Å². The monoisotopic (exact) mass is 382 g/mol. The first-order valence-corrected chi connectivity index (χ1v) is 8.42. The van der Waals surface area contributed by atoms with Crippen LogP contribution in [0.2, 0.25) is 0 Å². The van der Waals surface area contributed by atoms with Crippen LogP contribution in [0.4, 0.5) is 18.0 Å². The van der Waals surface area contributed by atoms with Crippen LogP contribution < -0.4 is 0 Å². The number of alkyl halides is 3. The molecule has 0 spiro atoms. The lowest BCUT2D eigenvalue weighted by atomic mass is 10.1. The average Bonchev–Trinajstić information content (AvgIpc) is 2.58. The van der Waals surface area contributed by atoms with E-state index in [9.17, 15) is 22.8 Å². The Labute approximate surface area is 156 Å². The van der Waals surface area contributed by atoms with Gasteiger partial charge in [-0.25, -0.2) is 4.79 Å². The molecule has 1 fully saturated rings. The maximum Gasteiger partial charge on any atom is 0.416 e. The van der Waals surface area contributed by atoms with E-state index in [1.807, 2.05) is 0 Å². The van der Waals surface area contributed by atoms with Crippen LogP contribution in [0.15, 0.2) is 24.3 Å². The summed E-state index contributed by atoms with van der Waals surface area (Å²) >= 11 is 0. The highest BCUT2D eigenvalue weighted by molar-refractivity contribution is 5.94. The zero-order valence-electron chi connectivity index (χ0n) is 15.4. The molecule has 0 atom stereocenters. The van der Waals surface area contributed by atoms with Crippen molar-refractivity contribution in [3.05, 3.63) is 35.4 Å². The van der Waals surface area contributed by atoms with Crippen molar-refractivity contribution in [2.75, 3.05) is 26.2 Å². The summed E-state index contributed by atoms with van der Waals surface area (Å²) in [5.74, 6) is 4.57. The summed E-state index contributed by atoms with van der Waals surface area (Å²) in [6.45, 7) is 6.65. The SMILES string of the molecule is CC(C)(C)OC(=O)N1CCN(C(=O)C#Cc2ccc(C(F)(F)F)cc2)CC1. The molecule has 0 bridgehead atoms. The van der Waals surface area contributed by atoms with Crippen molar-refractivity contribution in [3.63, 3.8) is 0 Å². The molecular weight excluding hydrogens is 361 g/mol. The lowest BCUT2D eigenvalue weighted by Crippen LogP contribution is -2.51. The Balaban J connectivity index is 1.90. The molecule has 2 rings (SSSR count). The number of benzene rings is 1. The van der Waals surface area contributed by atoms with E-state index < -0.39 is 29.3 Å². The molecule has 0 saturated carbocycles. The first kappa shape index (κ1) is 20.6. The van der Waals surface area contributed by atoms with Crippen LogP contribution in [-0.2, 0) is 15.7 Å². The van der Waals surface area contributed by atoms with Crippen LogP contribution in [0.3, 0.4) is 0 Å². The Kier molecular flexibility index (Phi) is 6.04. The number of rotatable bonds is 0. The molecule has 2 amide bonds. The van der Waals surface area contributed by atoms with Gasteiger partial charge in [-0.3, -0.25) is 4.79 Å². The summed E-state index contributed by atoms with van der Waals surface area (Å²) in [6.07, 6.45) is -4.83. The second-order valence-corrected chi connectivity index (χ2v) is 7.08. The molecule has 0 N–H and O–H groups in total. The number of ether oxygens (including phenoxy) is 1. The number of amides is 2. The van der Waals surface area contributed by atoms with E-state index in [-0.39, 0.29) is 0 Å². The first-order chi connectivity index (χ1) is 12.5. The van der Waals surface area contributed by atoms with E-state index in [0.717, 1.165) is 12.1 Å². The number of carbonyl (C=O) groups is 2. The number of nitrogens with zero attached hydrogens (tertiary/aromatic N) is 2. The van der Waals surface area contributed by atoms with Crippen LogP contribution in [-0.4, -0.2) is 53.6 Å². The van der Waals surface area contributed by atoms with Gasteiger partial charge in [-0.05, 0) is 45.0 Å². The molecule has 1 saturated heterocycles. The summed E-state index contributed by atoms with van der Waals surface area (Å²) in [4.78, 5) is 27.2. The average molecular weight is 382 g/mol. The predicted molar refractivity (Wildman–Crippen MR) is 92.7 cm³/mol. The highest BCUT2D eigenvalue weighted by Crippen LogP contribution is 2.28. The minimum Gasteiger partial charge on any atom is -0.444 e. The third-order valence-corrected chi connectivity index (χ3v) is 3.74. The number of hydrogen-bond donors (Lipinski definition) is 0. The van der Waals surface area contributed by atoms with Gasteiger partial charge in [0.15, 0.2) is 0 Å². The molecule has 0 unspecified atom stereocenters. The Morgan fingerprint density at radius 1 is 0.963 bits per heavy atom. The van der Waals surface area contributed by atoms with E-state index in [1.165, 1.54) is 21.9 Å². The van der Waals surface area contributed by atoms with Crippen LogP contribution in [0.1, 0.15) is 31.9 Å². The second kappa shape index (κ2) is 7.91. The summed E-state index contributed by atoms with van der Waals surface area (Å²) in [6, 6.07) is 4.30. The summed E-state index contributed by atoms with van der Waals surface area (Å²) in [7, 11) is 0. The molecule has 146 valence electrons. The summed E-state index contributed by atoms with van der Waals surface area (Å²) < 4.78 is 42.9. The lowest BCUT2D eigenvalue weighted by Gasteiger charge is -2.34. The number of piperazine rings is 1. The van der Waals surface area contributed by atoms with Gasteiger partial charge in [0.25, 0.3) is 5.91 Å². The Hall–Kier alpha value is -2.69. The molecule has 8 heteroatoms. The van der Waals surface area contributed by atoms with Gasteiger partial charge < -0.3 is 14.5 Å². The topological polar surface area (TPSA) is 49.9 Å². The molecule has 0 aliphatic carbocycles. The molecule has 0 aromatic heterocycles. The number of carbonyl (C=O) groups excluding carboxylic acids is 2. The van der Waals surface area contributed by atoms with Gasteiger partial charge in [-0.2, -0.15) is 13.2 Å². The zero-order valence-corrected chi connectivity index (χ0v) is 15.4. The molecule has 0 radical (unpaired) electrons. The minimum atomic E-state index is -4.41. The van der Waals surface area contributed by atoms with Gasteiger partial charge in [0.05, 0.1) is 5.56 Å². The van der Waals surface area contributed by atoms with E-state index in [4.69, 9.17) is 4.74 Å². The lowest BCUT2D eigenvalue weighted by molar-refractivity contribution is -0.137. The fourth-order valence-corrected chi connectivity index (χ4v) is 2.37. The van der Waals surface area contributed by atoms with E-state index >= 15 is 0 Å². The van der Waals surface area contributed by atoms with Crippen molar-refractivity contribution < 1.29 is 27.5 Å². The van der Waals surface area contributed by atoms with Crippen molar-refractivity contribution in [2.45, 2.75) is 32.5 Å². The van der Waals surface area contributed by atoms with Gasteiger partial charge in [-0.1, -0.05) is 5.92 Å². The predicted octanol–water partition coefficient (Wildman–Crippen LogP) is 3.14. The fraction of sp³-hybridized carbons (Fsp3) is 0.474. The largest absolute Gasteiger partial charge is 0.444 e. The number of halogens is 3. The fourth-order valence-electron chi connectivity index (χ4n) is 2.37. The third-order valence-electron chi connectivity index (χ3n) is 3.74. The quantitative estimate of drug-likeness (QED) is 0.648. The normalized spacial score (nSPS) is 15.0. The Morgan fingerprint density at radius 3 is 1.96 bits per heavy atom. The van der Waals surface area contributed by atoms with E-state index in [0.29, 0.717) is 31.7 Å². The van der Waals surface area contributed by atoms with Gasteiger partial charge >= 0.3 is 12.3 Å². The van der Waals surface area contributed by atoms with Gasteiger partial charge in [0, 0.05) is 37.7 Å². The highest BCUT2D eigenvalue weighted by Gasteiger charge is 2.30. The molecule has 1 aliphatic rings. The standard InChI is InChI=1S/C19H21F3N2O3/c1-18(2,3)27-17(26)24-12-10-23(11-13-24)16(25)9-6-14-4-7-15(8-5-14)19(20,21)22/h4-5,7-8H,10-13H2,1-3H3. The van der Waals surface area contributed by atoms with Gasteiger partial charge in [0.1, 0.15) is 5.60 Å². The van der Waals surface area contributed by atoms with E-state index in [1.54, 1.807) is 20.8 Å². The molecule has 5 nitrogen and oxygen atoms in total.